The monoisotopic (exact) mass is 157 g/mol. The van der Waals surface area contributed by atoms with Crippen LogP contribution in [0.1, 0.15) is 6.92 Å². The summed E-state index contributed by atoms with van der Waals surface area (Å²) >= 11 is 4.75. The van der Waals surface area contributed by atoms with E-state index in [1.54, 1.807) is 12.3 Å². The molecular formula is C7H8FNS. The third-order valence-electron chi connectivity index (χ3n) is 1.30. The zero-order valence-corrected chi connectivity index (χ0v) is 6.49. The van der Waals surface area contributed by atoms with E-state index < -0.39 is 0 Å². The molecule has 0 atom stereocenters. The van der Waals surface area contributed by atoms with Gasteiger partial charge in [0.2, 0.25) is 0 Å². The highest BCUT2D eigenvalue weighted by Crippen LogP contribution is 1.98. The minimum Gasteiger partial charge on any atom is -0.325 e. The van der Waals surface area contributed by atoms with E-state index in [1.165, 1.54) is 10.6 Å². The Kier molecular flexibility index (Phi) is 2.17. The van der Waals surface area contributed by atoms with Crippen LogP contribution in [0.25, 0.3) is 0 Å². The quantitative estimate of drug-likeness (QED) is 0.447. The molecule has 0 radical (unpaired) electrons. The lowest BCUT2D eigenvalue weighted by atomic mass is 10.5. The number of rotatable bonds is 1. The summed E-state index contributed by atoms with van der Waals surface area (Å²) in [5.41, 5.74) is 0. The highest BCUT2D eigenvalue weighted by molar-refractivity contribution is 7.71. The van der Waals surface area contributed by atoms with Gasteiger partial charge in [-0.2, -0.15) is 4.39 Å². The first-order valence-electron chi connectivity index (χ1n) is 3.10. The second-order valence-electron chi connectivity index (χ2n) is 1.97. The number of hydrogen-bond donors (Lipinski definition) is 0. The summed E-state index contributed by atoms with van der Waals surface area (Å²) < 4.78 is 14.8. The van der Waals surface area contributed by atoms with Crippen LogP contribution in [0.5, 0.6) is 0 Å². The van der Waals surface area contributed by atoms with Gasteiger partial charge in [0.05, 0.1) is 0 Å². The molecule has 1 aromatic heterocycles. The van der Waals surface area contributed by atoms with Crippen LogP contribution in [-0.2, 0) is 6.54 Å². The maximum atomic E-state index is 12.7. The predicted molar refractivity (Wildman–Crippen MR) is 40.9 cm³/mol. The fourth-order valence-corrected chi connectivity index (χ4v) is 0.898. The zero-order chi connectivity index (χ0) is 7.56. The van der Waals surface area contributed by atoms with Crippen LogP contribution in [0.2, 0.25) is 0 Å². The molecule has 0 aromatic carbocycles. The van der Waals surface area contributed by atoms with Gasteiger partial charge < -0.3 is 4.57 Å². The van der Waals surface area contributed by atoms with Crippen LogP contribution in [0.4, 0.5) is 4.39 Å². The van der Waals surface area contributed by atoms with Crippen molar-refractivity contribution < 1.29 is 4.39 Å². The van der Waals surface area contributed by atoms with Gasteiger partial charge in [-0.3, -0.25) is 0 Å². The molecule has 0 N–H and O–H groups in total. The van der Waals surface area contributed by atoms with E-state index in [0.717, 1.165) is 0 Å². The summed E-state index contributed by atoms with van der Waals surface area (Å²) in [6, 6.07) is 3.06. The molecule has 0 bridgehead atoms. The van der Waals surface area contributed by atoms with Crippen molar-refractivity contribution in [2.75, 3.05) is 0 Å². The molecule has 0 spiro atoms. The minimum atomic E-state index is -0.269. The zero-order valence-electron chi connectivity index (χ0n) is 5.67. The summed E-state index contributed by atoms with van der Waals surface area (Å²) in [5.74, 6) is -0.269. The molecule has 1 rings (SSSR count). The Morgan fingerprint density at radius 1 is 1.70 bits per heavy atom. The first-order chi connectivity index (χ1) is 4.74. The molecule has 0 aliphatic rings. The fourth-order valence-electron chi connectivity index (χ4n) is 0.740. The maximum Gasteiger partial charge on any atom is 0.195 e. The van der Waals surface area contributed by atoms with Gasteiger partial charge in [0.15, 0.2) is 5.95 Å². The van der Waals surface area contributed by atoms with Gasteiger partial charge >= 0.3 is 0 Å². The second-order valence-corrected chi connectivity index (χ2v) is 2.44. The number of hydrogen-bond acceptors (Lipinski definition) is 1. The summed E-state index contributed by atoms with van der Waals surface area (Å²) in [6.45, 7) is 2.52. The van der Waals surface area contributed by atoms with Gasteiger partial charge in [0.25, 0.3) is 0 Å². The van der Waals surface area contributed by atoms with Crippen LogP contribution in [0, 0.1) is 10.5 Å². The molecule has 3 heteroatoms. The third kappa shape index (κ3) is 1.42. The normalized spacial score (nSPS) is 9.80. The molecule has 1 aromatic rings. The minimum absolute atomic E-state index is 0.269. The SMILES string of the molecule is CCn1ccc(=S)cc1F. The van der Waals surface area contributed by atoms with Crippen LogP contribution >= 0.6 is 12.2 Å². The highest BCUT2D eigenvalue weighted by atomic mass is 32.1. The van der Waals surface area contributed by atoms with Crippen LogP contribution in [-0.4, -0.2) is 4.57 Å². The topological polar surface area (TPSA) is 4.93 Å². The lowest BCUT2D eigenvalue weighted by molar-refractivity contribution is 0.496. The van der Waals surface area contributed by atoms with E-state index in [-0.39, 0.29) is 5.95 Å². The van der Waals surface area contributed by atoms with Crippen molar-refractivity contribution in [2.24, 2.45) is 0 Å². The van der Waals surface area contributed by atoms with Crippen molar-refractivity contribution in [1.29, 1.82) is 0 Å². The molecule has 0 fully saturated rings. The van der Waals surface area contributed by atoms with Crippen LogP contribution in [0.3, 0.4) is 0 Å². The largest absolute Gasteiger partial charge is 0.325 e. The van der Waals surface area contributed by atoms with Gasteiger partial charge in [-0.05, 0) is 13.0 Å². The average Bonchev–Trinajstić information content (AvgIpc) is 1.88. The first kappa shape index (κ1) is 7.41. The molecular weight excluding hydrogens is 149 g/mol. The van der Waals surface area contributed by atoms with Gasteiger partial charge in [-0.1, -0.05) is 12.2 Å². The Hall–Kier alpha value is -0.700. The summed E-state index contributed by atoms with van der Waals surface area (Å²) in [6.07, 6.45) is 1.65. The molecule has 0 saturated heterocycles. The van der Waals surface area contributed by atoms with Crippen molar-refractivity contribution in [3.05, 3.63) is 28.8 Å². The number of nitrogens with zero attached hydrogens (tertiary/aromatic N) is 1. The van der Waals surface area contributed by atoms with Crippen molar-refractivity contribution in [2.45, 2.75) is 13.5 Å². The van der Waals surface area contributed by atoms with E-state index in [1.807, 2.05) is 6.92 Å². The Labute approximate surface area is 64.1 Å². The lowest BCUT2D eigenvalue weighted by Gasteiger charge is -2.01. The van der Waals surface area contributed by atoms with Gasteiger partial charge in [0, 0.05) is 23.3 Å². The molecule has 54 valence electrons. The Balaban J connectivity index is 3.19. The van der Waals surface area contributed by atoms with E-state index in [4.69, 9.17) is 12.2 Å². The van der Waals surface area contributed by atoms with Crippen LogP contribution in [0.15, 0.2) is 18.3 Å². The summed E-state index contributed by atoms with van der Waals surface area (Å²) in [5, 5.41) is 0. The summed E-state index contributed by atoms with van der Waals surface area (Å²) in [4.78, 5) is 0. The first-order valence-corrected chi connectivity index (χ1v) is 3.51. The predicted octanol–water partition coefficient (Wildman–Crippen LogP) is 2.38. The number of halogens is 1. The molecule has 0 unspecified atom stereocenters. The molecule has 1 nitrogen and oxygen atoms in total. The third-order valence-corrected chi connectivity index (χ3v) is 1.55. The number of aryl methyl sites for hydroxylation is 1. The molecule has 0 saturated carbocycles. The number of pyridine rings is 1. The number of aromatic nitrogens is 1. The Morgan fingerprint density at radius 2 is 2.40 bits per heavy atom. The van der Waals surface area contributed by atoms with Crippen LogP contribution < -0.4 is 0 Å². The Bertz CT molecular complexity index is 279. The van der Waals surface area contributed by atoms with Crippen molar-refractivity contribution in [3.8, 4) is 0 Å². The fraction of sp³-hybridized carbons (Fsp3) is 0.286. The molecule has 0 aliphatic heterocycles. The Morgan fingerprint density at radius 3 is 2.90 bits per heavy atom. The van der Waals surface area contributed by atoms with E-state index >= 15 is 0 Å². The van der Waals surface area contributed by atoms with Gasteiger partial charge in [0.1, 0.15) is 0 Å². The molecule has 0 aliphatic carbocycles. The van der Waals surface area contributed by atoms with E-state index in [2.05, 4.69) is 0 Å². The smallest absolute Gasteiger partial charge is 0.195 e. The standard InChI is InChI=1S/C7H8FNS/c1-2-9-4-3-6(10)5-7(9)8/h3-5H,2H2,1H3. The van der Waals surface area contributed by atoms with Gasteiger partial charge in [-0.25, -0.2) is 0 Å². The summed E-state index contributed by atoms with van der Waals surface area (Å²) in [7, 11) is 0. The highest BCUT2D eigenvalue weighted by Gasteiger charge is 1.92. The van der Waals surface area contributed by atoms with Crippen molar-refractivity contribution >= 4 is 12.2 Å². The van der Waals surface area contributed by atoms with Gasteiger partial charge in [-0.15, -0.1) is 0 Å². The molecule has 10 heavy (non-hydrogen) atoms. The van der Waals surface area contributed by atoms with E-state index in [9.17, 15) is 4.39 Å². The molecule has 1 heterocycles. The van der Waals surface area contributed by atoms with Crippen molar-refractivity contribution in [1.82, 2.24) is 4.57 Å². The molecule has 0 amide bonds. The second kappa shape index (κ2) is 2.92. The average molecular weight is 157 g/mol. The van der Waals surface area contributed by atoms with E-state index in [0.29, 0.717) is 11.1 Å². The lowest BCUT2D eigenvalue weighted by Crippen LogP contribution is -1.99. The van der Waals surface area contributed by atoms with Crippen molar-refractivity contribution in [3.63, 3.8) is 0 Å². The maximum absolute atomic E-state index is 12.7.